The van der Waals surface area contributed by atoms with Gasteiger partial charge in [-0.3, -0.25) is 4.90 Å². The van der Waals surface area contributed by atoms with E-state index in [1.807, 2.05) is 12.3 Å². The molecule has 6 heteroatoms. The number of fused-ring (bicyclic) bond motifs is 2. The molecule has 0 radical (unpaired) electrons. The number of benzene rings is 1. The minimum atomic E-state index is 0.574. The van der Waals surface area contributed by atoms with Gasteiger partial charge in [-0.1, -0.05) is 12.1 Å². The molecule has 3 heterocycles. The number of rotatable bonds is 3. The molecule has 2 aromatic heterocycles. The highest BCUT2D eigenvalue weighted by Gasteiger charge is 2.19. The number of hydrogen-bond donors (Lipinski definition) is 1. The lowest BCUT2D eigenvalue weighted by atomic mass is 10.1. The molecular formula is C17H19N5S. The molecule has 0 spiro atoms. The van der Waals surface area contributed by atoms with Gasteiger partial charge >= 0.3 is 0 Å². The number of imidazole rings is 1. The van der Waals surface area contributed by atoms with E-state index in [-0.39, 0.29) is 0 Å². The molecule has 0 atom stereocenters. The normalized spacial score (nSPS) is 15.0. The minimum Gasteiger partial charge on any atom is -0.334 e. The van der Waals surface area contributed by atoms with Crippen molar-refractivity contribution in [1.82, 2.24) is 24.4 Å². The van der Waals surface area contributed by atoms with E-state index in [1.54, 1.807) is 0 Å². The third-order valence-electron chi connectivity index (χ3n) is 4.47. The second-order valence-corrected chi connectivity index (χ2v) is 6.30. The molecule has 0 bridgehead atoms. The van der Waals surface area contributed by atoms with Crippen LogP contribution in [0, 0.1) is 4.77 Å². The van der Waals surface area contributed by atoms with E-state index >= 15 is 0 Å². The average Bonchev–Trinajstić information content (AvgIpc) is 2.92. The van der Waals surface area contributed by atoms with Crippen molar-refractivity contribution in [3.63, 3.8) is 0 Å². The van der Waals surface area contributed by atoms with Crippen LogP contribution in [0.4, 0.5) is 0 Å². The van der Waals surface area contributed by atoms with Crippen molar-refractivity contribution < 1.29 is 0 Å². The predicted molar refractivity (Wildman–Crippen MR) is 92.6 cm³/mol. The van der Waals surface area contributed by atoms with Gasteiger partial charge < -0.3 is 9.55 Å². The third-order valence-corrected chi connectivity index (χ3v) is 4.68. The first-order valence-corrected chi connectivity index (χ1v) is 8.39. The van der Waals surface area contributed by atoms with E-state index in [2.05, 4.69) is 44.6 Å². The summed E-state index contributed by atoms with van der Waals surface area (Å²) in [4.78, 5) is 14.7. The van der Waals surface area contributed by atoms with E-state index in [1.165, 1.54) is 16.8 Å². The van der Waals surface area contributed by atoms with E-state index in [9.17, 15) is 0 Å². The molecule has 1 aliphatic heterocycles. The van der Waals surface area contributed by atoms with Gasteiger partial charge in [-0.2, -0.15) is 0 Å². The maximum Gasteiger partial charge on any atom is 0.196 e. The maximum absolute atomic E-state index is 5.11. The molecule has 23 heavy (non-hydrogen) atoms. The van der Waals surface area contributed by atoms with Crippen LogP contribution in [0.15, 0.2) is 30.5 Å². The van der Waals surface area contributed by atoms with E-state index < -0.39 is 0 Å². The smallest absolute Gasteiger partial charge is 0.196 e. The van der Waals surface area contributed by atoms with Gasteiger partial charge in [0.05, 0.1) is 17.6 Å². The fourth-order valence-corrected chi connectivity index (χ4v) is 3.52. The Morgan fingerprint density at radius 3 is 3.04 bits per heavy atom. The second-order valence-electron chi connectivity index (χ2n) is 5.91. The maximum atomic E-state index is 5.11. The van der Waals surface area contributed by atoms with E-state index in [4.69, 9.17) is 17.2 Å². The van der Waals surface area contributed by atoms with Crippen molar-refractivity contribution in [2.45, 2.75) is 33.0 Å². The van der Waals surface area contributed by atoms with Gasteiger partial charge in [0.2, 0.25) is 0 Å². The van der Waals surface area contributed by atoms with Gasteiger partial charge in [-0.05, 0) is 31.3 Å². The summed E-state index contributed by atoms with van der Waals surface area (Å²) < 4.78 is 2.88. The molecule has 0 saturated heterocycles. The standard InChI is InChI=1S/C17H19N5S/c1-2-22-15-6-4-3-5-14(15)19-16(22)11-21-8-7-13-12(10-21)9-18-17(23)20-13/h3-6,9H,2,7-8,10-11H2,1H3,(H,18,20,23). The first-order chi connectivity index (χ1) is 11.2. The molecule has 118 valence electrons. The SMILES string of the molecule is CCn1c(CN2CCc3[nH]c(=S)ncc3C2)nc2ccccc21. The van der Waals surface area contributed by atoms with E-state index in [0.717, 1.165) is 43.9 Å². The van der Waals surface area contributed by atoms with Crippen LogP contribution in [-0.2, 0) is 26.1 Å². The molecule has 4 rings (SSSR count). The highest BCUT2D eigenvalue weighted by atomic mass is 32.1. The number of para-hydroxylation sites is 2. The number of aromatic nitrogens is 4. The number of nitrogens with one attached hydrogen (secondary N) is 1. The van der Waals surface area contributed by atoms with Crippen LogP contribution in [0.2, 0.25) is 0 Å². The Hall–Kier alpha value is -2.05. The summed E-state index contributed by atoms with van der Waals surface area (Å²) in [5, 5.41) is 0. The van der Waals surface area contributed by atoms with Crippen molar-refractivity contribution >= 4 is 23.3 Å². The molecule has 0 amide bonds. The largest absolute Gasteiger partial charge is 0.334 e. The van der Waals surface area contributed by atoms with Crippen molar-refractivity contribution in [2.24, 2.45) is 0 Å². The van der Waals surface area contributed by atoms with Gasteiger partial charge in [-0.25, -0.2) is 9.97 Å². The fourth-order valence-electron chi connectivity index (χ4n) is 3.34. The summed E-state index contributed by atoms with van der Waals surface area (Å²) in [5.74, 6) is 1.13. The Morgan fingerprint density at radius 1 is 1.30 bits per heavy atom. The van der Waals surface area contributed by atoms with Crippen LogP contribution in [0.3, 0.4) is 0 Å². The summed E-state index contributed by atoms with van der Waals surface area (Å²) >= 11 is 5.11. The molecule has 1 N–H and O–H groups in total. The number of nitrogens with zero attached hydrogens (tertiary/aromatic N) is 4. The lowest BCUT2D eigenvalue weighted by Crippen LogP contribution is -2.31. The lowest BCUT2D eigenvalue weighted by Gasteiger charge is -2.27. The zero-order valence-corrected chi connectivity index (χ0v) is 13.9. The molecule has 5 nitrogen and oxygen atoms in total. The van der Waals surface area contributed by atoms with Crippen LogP contribution in [0.1, 0.15) is 24.0 Å². The molecule has 0 saturated carbocycles. The first-order valence-electron chi connectivity index (χ1n) is 7.98. The second kappa shape index (κ2) is 5.86. The zero-order chi connectivity index (χ0) is 15.8. The highest BCUT2D eigenvalue weighted by molar-refractivity contribution is 7.71. The lowest BCUT2D eigenvalue weighted by molar-refractivity contribution is 0.234. The van der Waals surface area contributed by atoms with Gasteiger partial charge in [0.15, 0.2) is 4.77 Å². The average molecular weight is 325 g/mol. The predicted octanol–water partition coefficient (Wildman–Crippen LogP) is 3.07. The number of aryl methyl sites for hydroxylation is 1. The third kappa shape index (κ3) is 2.68. The van der Waals surface area contributed by atoms with Crippen LogP contribution in [0.25, 0.3) is 11.0 Å². The van der Waals surface area contributed by atoms with Gasteiger partial charge in [0.1, 0.15) is 5.82 Å². The zero-order valence-electron chi connectivity index (χ0n) is 13.1. The van der Waals surface area contributed by atoms with Gasteiger partial charge in [0.25, 0.3) is 0 Å². The van der Waals surface area contributed by atoms with Crippen molar-refractivity contribution in [1.29, 1.82) is 0 Å². The number of hydrogen-bond acceptors (Lipinski definition) is 4. The van der Waals surface area contributed by atoms with Crippen molar-refractivity contribution in [2.75, 3.05) is 6.54 Å². The summed E-state index contributed by atoms with van der Waals surface area (Å²) in [7, 11) is 0. The van der Waals surface area contributed by atoms with Gasteiger partial charge in [0, 0.05) is 43.5 Å². The molecule has 0 unspecified atom stereocenters. The summed E-state index contributed by atoms with van der Waals surface area (Å²) in [6, 6.07) is 8.35. The van der Waals surface area contributed by atoms with Crippen LogP contribution in [-0.4, -0.2) is 31.0 Å². The monoisotopic (exact) mass is 325 g/mol. The van der Waals surface area contributed by atoms with Crippen molar-refractivity contribution in [3.05, 3.63) is 52.3 Å². The van der Waals surface area contributed by atoms with Gasteiger partial charge in [-0.15, -0.1) is 0 Å². The fraction of sp³-hybridized carbons (Fsp3) is 0.353. The summed E-state index contributed by atoms with van der Waals surface area (Å²) in [5.41, 5.74) is 4.76. The Balaban J connectivity index is 1.62. The Labute approximate surface area is 140 Å². The van der Waals surface area contributed by atoms with Crippen LogP contribution in [0.5, 0.6) is 0 Å². The van der Waals surface area contributed by atoms with Crippen LogP contribution >= 0.6 is 12.2 Å². The van der Waals surface area contributed by atoms with Crippen LogP contribution < -0.4 is 0 Å². The molecule has 0 fully saturated rings. The van der Waals surface area contributed by atoms with E-state index in [0.29, 0.717) is 4.77 Å². The topological polar surface area (TPSA) is 49.7 Å². The molecule has 1 aliphatic rings. The number of H-pyrrole nitrogens is 1. The summed E-state index contributed by atoms with van der Waals surface area (Å²) in [6.45, 7) is 5.87. The highest BCUT2D eigenvalue weighted by Crippen LogP contribution is 2.21. The van der Waals surface area contributed by atoms with Crippen molar-refractivity contribution in [3.8, 4) is 0 Å². The number of aromatic amines is 1. The Kier molecular flexibility index (Phi) is 3.71. The molecule has 0 aliphatic carbocycles. The summed E-state index contributed by atoms with van der Waals surface area (Å²) in [6.07, 6.45) is 2.89. The minimum absolute atomic E-state index is 0.574. The molecule has 1 aromatic carbocycles. The Bertz CT molecular complexity index is 911. The molecular weight excluding hydrogens is 306 g/mol. The quantitative estimate of drug-likeness (QED) is 0.752. The molecule has 3 aromatic rings. The Morgan fingerprint density at radius 2 is 2.17 bits per heavy atom. The first kappa shape index (κ1) is 14.5.